The maximum atomic E-state index is 13.4. The summed E-state index contributed by atoms with van der Waals surface area (Å²) in [5, 5.41) is 2.37. The number of H-pyrrole nitrogens is 1. The van der Waals surface area contributed by atoms with Crippen LogP contribution in [0.25, 0.3) is 0 Å². The summed E-state index contributed by atoms with van der Waals surface area (Å²) in [7, 11) is 0. The van der Waals surface area contributed by atoms with E-state index in [4.69, 9.17) is 0 Å². The Balaban J connectivity index is 1.96. The number of aliphatic imine (C=N–C) groups is 1. The number of aromatic nitrogens is 1. The molecule has 0 radical (unpaired) electrons. The number of alkyl halides is 3. The number of aromatic amines is 1. The van der Waals surface area contributed by atoms with Crippen LogP contribution >= 0.6 is 0 Å². The number of hydrogen-bond acceptors (Lipinski definition) is 3. The van der Waals surface area contributed by atoms with E-state index in [9.17, 15) is 31.5 Å². The maximum absolute atomic E-state index is 13.4. The molecule has 10 heteroatoms. The zero-order chi connectivity index (χ0) is 22.6. The van der Waals surface area contributed by atoms with E-state index in [1.54, 1.807) is 0 Å². The number of amidine groups is 1. The molecule has 0 bridgehead atoms. The summed E-state index contributed by atoms with van der Waals surface area (Å²) in [4.78, 5) is 30.5. The van der Waals surface area contributed by atoms with Crippen LogP contribution in [-0.2, 0) is 12.6 Å². The van der Waals surface area contributed by atoms with Crippen molar-refractivity contribution >= 4 is 17.4 Å². The maximum Gasteiger partial charge on any atom is 0.416 e. The number of benzene rings is 2. The lowest BCUT2D eigenvalue weighted by Gasteiger charge is -2.11. The third-order valence-corrected chi connectivity index (χ3v) is 4.06. The van der Waals surface area contributed by atoms with E-state index in [1.807, 2.05) is 0 Å². The molecule has 0 aliphatic carbocycles. The summed E-state index contributed by atoms with van der Waals surface area (Å²) in [5.41, 5.74) is -1.37. The molecule has 0 fully saturated rings. The zero-order valence-electron chi connectivity index (χ0n) is 15.6. The molecule has 0 aliphatic rings. The van der Waals surface area contributed by atoms with E-state index < -0.39 is 34.8 Å². The molecule has 160 valence electrons. The van der Waals surface area contributed by atoms with Gasteiger partial charge in [0, 0.05) is 23.7 Å². The molecule has 0 spiro atoms. The molecule has 1 aromatic heterocycles. The minimum atomic E-state index is -4.59. The molecule has 1 heterocycles. The van der Waals surface area contributed by atoms with E-state index in [2.05, 4.69) is 15.3 Å². The Bertz CT molecular complexity index is 1200. The van der Waals surface area contributed by atoms with Crippen molar-refractivity contribution in [2.75, 3.05) is 0 Å². The van der Waals surface area contributed by atoms with E-state index >= 15 is 0 Å². The van der Waals surface area contributed by atoms with E-state index in [0.717, 1.165) is 30.3 Å². The predicted octanol–water partition coefficient (Wildman–Crippen LogP) is 4.37. The van der Waals surface area contributed by atoms with Crippen molar-refractivity contribution in [1.29, 1.82) is 0 Å². The van der Waals surface area contributed by atoms with Crippen molar-refractivity contribution in [1.82, 2.24) is 10.3 Å². The minimum Gasteiger partial charge on any atom is -0.326 e. The van der Waals surface area contributed by atoms with Gasteiger partial charge in [0.15, 0.2) is 11.6 Å². The smallest absolute Gasteiger partial charge is 0.326 e. The van der Waals surface area contributed by atoms with Crippen LogP contribution in [0.2, 0.25) is 0 Å². The molecule has 31 heavy (non-hydrogen) atoms. The highest BCUT2D eigenvalue weighted by Gasteiger charge is 2.30. The minimum absolute atomic E-state index is 0.103. The number of halogens is 5. The van der Waals surface area contributed by atoms with Gasteiger partial charge in [0.25, 0.3) is 5.91 Å². The Hall–Kier alpha value is -3.82. The van der Waals surface area contributed by atoms with Crippen LogP contribution in [0.15, 0.2) is 70.5 Å². The first-order chi connectivity index (χ1) is 14.6. The molecule has 0 atom stereocenters. The quantitative estimate of drug-likeness (QED) is 0.363. The molecule has 2 N–H and O–H groups in total. The number of hydrogen-bond donors (Lipinski definition) is 2. The summed E-state index contributed by atoms with van der Waals surface area (Å²) in [6, 6.07) is 10.8. The molecule has 5 nitrogen and oxygen atoms in total. The molecule has 1 amide bonds. The Labute approximate surface area is 172 Å². The van der Waals surface area contributed by atoms with Gasteiger partial charge in [-0.05, 0) is 42.5 Å². The van der Waals surface area contributed by atoms with Crippen molar-refractivity contribution in [3.8, 4) is 0 Å². The molecule has 2 aromatic carbocycles. The summed E-state index contributed by atoms with van der Waals surface area (Å²) < 4.78 is 65.5. The first kappa shape index (κ1) is 21.9. The average molecular weight is 435 g/mol. The highest BCUT2D eigenvalue weighted by molar-refractivity contribution is 6.07. The molecule has 0 saturated heterocycles. The molecule has 0 aliphatic heterocycles. The molecule has 3 aromatic rings. The highest BCUT2D eigenvalue weighted by atomic mass is 19.4. The van der Waals surface area contributed by atoms with E-state index in [0.29, 0.717) is 11.8 Å². The van der Waals surface area contributed by atoms with Crippen molar-refractivity contribution in [2.45, 2.75) is 12.6 Å². The van der Waals surface area contributed by atoms with E-state index in [1.165, 1.54) is 24.3 Å². The van der Waals surface area contributed by atoms with Crippen LogP contribution in [0.4, 0.5) is 27.6 Å². The lowest BCUT2D eigenvalue weighted by molar-refractivity contribution is -0.137. The second-order valence-corrected chi connectivity index (χ2v) is 6.41. The summed E-state index contributed by atoms with van der Waals surface area (Å²) >= 11 is 0. The number of rotatable bonds is 4. The van der Waals surface area contributed by atoms with Crippen molar-refractivity contribution in [3.05, 3.63) is 99.5 Å². The van der Waals surface area contributed by atoms with Crippen LogP contribution in [0, 0.1) is 11.6 Å². The Morgan fingerprint density at radius 3 is 2.39 bits per heavy atom. The monoisotopic (exact) mass is 435 g/mol. The zero-order valence-corrected chi connectivity index (χ0v) is 15.6. The van der Waals surface area contributed by atoms with Gasteiger partial charge in [-0.15, -0.1) is 0 Å². The van der Waals surface area contributed by atoms with Crippen LogP contribution < -0.4 is 10.9 Å². The number of carbonyl (C=O) groups is 1. The molecule has 0 unspecified atom stereocenters. The fourth-order valence-corrected chi connectivity index (χ4v) is 2.64. The number of pyridine rings is 1. The lowest BCUT2D eigenvalue weighted by Crippen LogP contribution is -2.32. The summed E-state index contributed by atoms with van der Waals surface area (Å²) in [6.45, 7) is 0. The fourth-order valence-electron chi connectivity index (χ4n) is 2.64. The van der Waals surface area contributed by atoms with Gasteiger partial charge in [-0.1, -0.05) is 12.1 Å². The van der Waals surface area contributed by atoms with Crippen molar-refractivity contribution in [3.63, 3.8) is 0 Å². The van der Waals surface area contributed by atoms with Gasteiger partial charge in [0.2, 0.25) is 5.56 Å². The van der Waals surface area contributed by atoms with Crippen LogP contribution in [0.3, 0.4) is 0 Å². The van der Waals surface area contributed by atoms with Crippen molar-refractivity contribution < 1.29 is 26.7 Å². The van der Waals surface area contributed by atoms with Crippen LogP contribution in [0.5, 0.6) is 0 Å². The SMILES string of the molecule is O=C(NC(Cc1cccc(=O)[nH]1)=Nc1cccc(C(F)(F)F)c1)c1ccc(F)c(F)c1. The standard InChI is InChI=1S/C21H14F5N3O2/c22-16-8-7-12(9-17(16)23)20(31)29-18(11-15-5-2-6-19(30)28-15)27-14-4-1-3-13(10-14)21(24,25)26/h1-10H,11H2,(H,28,30)(H,27,29,31). The molecular weight excluding hydrogens is 421 g/mol. The van der Waals surface area contributed by atoms with Crippen LogP contribution in [-0.4, -0.2) is 16.7 Å². The molecular formula is C21H14F5N3O2. The summed E-state index contributed by atoms with van der Waals surface area (Å²) in [5.74, 6) is -3.36. The van der Waals surface area contributed by atoms with Crippen molar-refractivity contribution in [2.24, 2.45) is 4.99 Å². The highest BCUT2D eigenvalue weighted by Crippen LogP contribution is 2.31. The van der Waals surface area contributed by atoms with Gasteiger partial charge in [0.1, 0.15) is 5.84 Å². The van der Waals surface area contributed by atoms with E-state index in [-0.39, 0.29) is 23.5 Å². The first-order valence-corrected chi connectivity index (χ1v) is 8.81. The Morgan fingerprint density at radius 2 is 1.71 bits per heavy atom. The Morgan fingerprint density at radius 1 is 0.968 bits per heavy atom. The van der Waals surface area contributed by atoms with Gasteiger partial charge < -0.3 is 10.3 Å². The first-order valence-electron chi connectivity index (χ1n) is 8.81. The van der Waals surface area contributed by atoms with Gasteiger partial charge in [-0.2, -0.15) is 13.2 Å². The number of nitrogens with zero attached hydrogens (tertiary/aromatic N) is 1. The third-order valence-electron chi connectivity index (χ3n) is 4.06. The third kappa shape index (κ3) is 5.84. The Kier molecular flexibility index (Phi) is 6.28. The number of nitrogens with one attached hydrogen (secondary N) is 2. The second kappa shape index (κ2) is 8.90. The van der Waals surface area contributed by atoms with Gasteiger partial charge in [-0.3, -0.25) is 9.59 Å². The lowest BCUT2D eigenvalue weighted by atomic mass is 10.1. The van der Waals surface area contributed by atoms with Gasteiger partial charge in [-0.25, -0.2) is 13.8 Å². The topological polar surface area (TPSA) is 74.3 Å². The fraction of sp³-hybridized carbons (Fsp3) is 0.0952. The largest absolute Gasteiger partial charge is 0.416 e. The predicted molar refractivity (Wildman–Crippen MR) is 103 cm³/mol. The molecule has 3 rings (SSSR count). The summed E-state index contributed by atoms with van der Waals surface area (Å²) in [6.07, 6.45) is -4.74. The van der Waals surface area contributed by atoms with Crippen LogP contribution in [0.1, 0.15) is 21.6 Å². The average Bonchev–Trinajstić information content (AvgIpc) is 2.69. The molecule has 0 saturated carbocycles. The second-order valence-electron chi connectivity index (χ2n) is 6.41. The number of amides is 1. The van der Waals surface area contributed by atoms with Gasteiger partial charge >= 0.3 is 6.18 Å². The normalized spacial score (nSPS) is 12.0. The van der Waals surface area contributed by atoms with Gasteiger partial charge in [0.05, 0.1) is 11.3 Å². The number of carbonyl (C=O) groups excluding carboxylic acids is 1.